The van der Waals surface area contributed by atoms with Crippen molar-refractivity contribution in [3.05, 3.63) is 42.0 Å². The molecule has 3 rings (SSSR count). The van der Waals surface area contributed by atoms with Crippen LogP contribution in [0.4, 0.5) is 5.69 Å². The molecule has 9 heteroatoms. The number of nitrogens with zero attached hydrogens (tertiary/aromatic N) is 1. The zero-order chi connectivity index (χ0) is 22.3. The predicted octanol–water partition coefficient (Wildman–Crippen LogP) is 1.33. The predicted molar refractivity (Wildman–Crippen MR) is 118 cm³/mol. The summed E-state index contributed by atoms with van der Waals surface area (Å²) in [4.78, 5) is 38.4. The number of hydrogen-bond donors (Lipinski definition) is 2. The Kier molecular flexibility index (Phi) is 7.84. The van der Waals surface area contributed by atoms with Crippen molar-refractivity contribution in [3.63, 3.8) is 0 Å². The van der Waals surface area contributed by atoms with Crippen LogP contribution >= 0.6 is 0 Å². The Morgan fingerprint density at radius 3 is 2.42 bits per heavy atom. The zero-order valence-corrected chi connectivity index (χ0v) is 18.3. The van der Waals surface area contributed by atoms with Gasteiger partial charge in [-0.05, 0) is 50.7 Å². The normalized spacial score (nSPS) is 19.9. The molecule has 0 spiro atoms. The van der Waals surface area contributed by atoms with Crippen molar-refractivity contribution < 1.29 is 22.8 Å². The van der Waals surface area contributed by atoms with Crippen molar-refractivity contribution in [1.82, 2.24) is 10.6 Å². The second-order valence-corrected chi connectivity index (χ2v) is 10.2. The SMILES string of the molecule is O=C(NCCC1=CCCCC1)C(=O)NCC(=O)N(c1ccccc1)[C@H]1CCS(=O)(=O)C1. The van der Waals surface area contributed by atoms with Crippen molar-refractivity contribution >= 4 is 33.2 Å². The van der Waals surface area contributed by atoms with Crippen molar-refractivity contribution in [3.8, 4) is 0 Å². The number of hydrogen-bond acceptors (Lipinski definition) is 5. The number of carbonyl (C=O) groups is 3. The highest BCUT2D eigenvalue weighted by molar-refractivity contribution is 7.91. The molecule has 1 atom stereocenters. The van der Waals surface area contributed by atoms with Crippen LogP contribution in [-0.2, 0) is 24.2 Å². The summed E-state index contributed by atoms with van der Waals surface area (Å²) in [5, 5.41) is 4.94. The van der Waals surface area contributed by atoms with Crippen molar-refractivity contribution in [2.75, 3.05) is 29.5 Å². The number of nitrogens with one attached hydrogen (secondary N) is 2. The van der Waals surface area contributed by atoms with Gasteiger partial charge in [0.1, 0.15) is 0 Å². The van der Waals surface area contributed by atoms with E-state index in [-0.39, 0.29) is 18.1 Å². The van der Waals surface area contributed by atoms with Gasteiger partial charge < -0.3 is 15.5 Å². The van der Waals surface area contributed by atoms with E-state index in [1.807, 2.05) is 0 Å². The topological polar surface area (TPSA) is 113 Å². The Morgan fingerprint density at radius 2 is 1.77 bits per heavy atom. The Bertz CT molecular complexity index is 943. The average Bonchev–Trinajstić information content (AvgIpc) is 3.12. The van der Waals surface area contributed by atoms with E-state index in [0.29, 0.717) is 18.7 Å². The molecule has 1 aromatic rings. The summed E-state index contributed by atoms with van der Waals surface area (Å²) in [6, 6.07) is 8.26. The van der Waals surface area contributed by atoms with Gasteiger partial charge in [0.05, 0.1) is 24.1 Å². The van der Waals surface area contributed by atoms with Crippen molar-refractivity contribution in [1.29, 1.82) is 0 Å². The number of anilines is 1. The maximum Gasteiger partial charge on any atom is 0.309 e. The molecule has 1 aliphatic carbocycles. The Morgan fingerprint density at radius 1 is 1.03 bits per heavy atom. The van der Waals surface area contributed by atoms with Gasteiger partial charge in [0.25, 0.3) is 0 Å². The van der Waals surface area contributed by atoms with Crippen LogP contribution in [0.2, 0.25) is 0 Å². The first kappa shape index (κ1) is 23.0. The van der Waals surface area contributed by atoms with Crippen LogP contribution in [0.3, 0.4) is 0 Å². The van der Waals surface area contributed by atoms with E-state index in [1.54, 1.807) is 30.3 Å². The van der Waals surface area contributed by atoms with E-state index in [9.17, 15) is 22.8 Å². The van der Waals surface area contributed by atoms with Crippen LogP contribution in [0.1, 0.15) is 38.5 Å². The van der Waals surface area contributed by atoms with Gasteiger partial charge in [0, 0.05) is 12.2 Å². The smallest absolute Gasteiger partial charge is 0.309 e. The first-order chi connectivity index (χ1) is 14.9. The number of sulfone groups is 1. The molecule has 2 N–H and O–H groups in total. The molecule has 2 aliphatic rings. The van der Waals surface area contributed by atoms with Crippen LogP contribution in [0, 0.1) is 0 Å². The lowest BCUT2D eigenvalue weighted by Crippen LogP contribution is -2.49. The third-order valence-corrected chi connectivity index (χ3v) is 7.35. The van der Waals surface area contributed by atoms with Crippen LogP contribution in [0.15, 0.2) is 42.0 Å². The van der Waals surface area contributed by atoms with Crippen LogP contribution in [0.25, 0.3) is 0 Å². The highest BCUT2D eigenvalue weighted by Crippen LogP contribution is 2.24. The van der Waals surface area contributed by atoms with Gasteiger partial charge >= 0.3 is 11.8 Å². The van der Waals surface area contributed by atoms with Gasteiger partial charge in [-0.15, -0.1) is 0 Å². The Labute approximate surface area is 183 Å². The van der Waals surface area contributed by atoms with E-state index < -0.39 is 33.6 Å². The number of benzene rings is 1. The Hall–Kier alpha value is -2.68. The van der Waals surface area contributed by atoms with Gasteiger partial charge in [-0.3, -0.25) is 14.4 Å². The minimum Gasteiger partial charge on any atom is -0.348 e. The molecular weight excluding hydrogens is 418 g/mol. The van der Waals surface area contributed by atoms with Gasteiger partial charge in [-0.1, -0.05) is 29.8 Å². The average molecular weight is 448 g/mol. The lowest BCUT2D eigenvalue weighted by Gasteiger charge is -2.28. The fourth-order valence-corrected chi connectivity index (χ4v) is 5.70. The molecule has 0 bridgehead atoms. The number of allylic oxidation sites excluding steroid dienone is 1. The fraction of sp³-hybridized carbons (Fsp3) is 0.500. The summed E-state index contributed by atoms with van der Waals surface area (Å²) in [5.41, 5.74) is 1.86. The molecule has 1 fully saturated rings. The molecule has 1 heterocycles. The third-order valence-electron chi connectivity index (χ3n) is 5.60. The monoisotopic (exact) mass is 447 g/mol. The number of carbonyl (C=O) groups excluding carboxylic acids is 3. The summed E-state index contributed by atoms with van der Waals surface area (Å²) >= 11 is 0. The van der Waals surface area contributed by atoms with Crippen LogP contribution < -0.4 is 15.5 Å². The molecule has 0 unspecified atom stereocenters. The number of amides is 3. The molecule has 3 amide bonds. The highest BCUT2D eigenvalue weighted by atomic mass is 32.2. The highest BCUT2D eigenvalue weighted by Gasteiger charge is 2.35. The third kappa shape index (κ3) is 6.65. The summed E-state index contributed by atoms with van der Waals surface area (Å²) in [5.74, 6) is -2.20. The lowest BCUT2D eigenvalue weighted by atomic mass is 9.97. The van der Waals surface area contributed by atoms with E-state index in [0.717, 1.165) is 25.7 Å². The maximum absolute atomic E-state index is 12.9. The minimum absolute atomic E-state index is 0.0273. The number of para-hydroxylation sites is 1. The largest absolute Gasteiger partial charge is 0.348 e. The zero-order valence-electron chi connectivity index (χ0n) is 17.5. The summed E-state index contributed by atoms with van der Waals surface area (Å²) in [6.07, 6.45) is 7.69. The van der Waals surface area contributed by atoms with Crippen LogP contribution in [-0.4, -0.2) is 56.8 Å². The molecule has 0 aromatic heterocycles. The molecule has 31 heavy (non-hydrogen) atoms. The quantitative estimate of drug-likeness (QED) is 0.484. The minimum atomic E-state index is -3.20. The second-order valence-electron chi connectivity index (χ2n) is 7.95. The first-order valence-corrected chi connectivity index (χ1v) is 12.5. The van der Waals surface area contributed by atoms with Gasteiger partial charge in [0.2, 0.25) is 5.91 Å². The van der Waals surface area contributed by atoms with E-state index in [1.165, 1.54) is 16.9 Å². The molecular formula is C22H29N3O5S. The fourth-order valence-electron chi connectivity index (χ4n) is 4.00. The molecule has 8 nitrogen and oxygen atoms in total. The molecule has 1 saturated heterocycles. The van der Waals surface area contributed by atoms with E-state index in [4.69, 9.17) is 0 Å². The molecule has 1 aromatic carbocycles. The van der Waals surface area contributed by atoms with Crippen molar-refractivity contribution in [2.24, 2.45) is 0 Å². The molecule has 0 saturated carbocycles. The summed E-state index contributed by atoms with van der Waals surface area (Å²) < 4.78 is 23.8. The second kappa shape index (κ2) is 10.6. The van der Waals surface area contributed by atoms with Gasteiger partial charge in [-0.2, -0.15) is 0 Å². The van der Waals surface area contributed by atoms with E-state index >= 15 is 0 Å². The van der Waals surface area contributed by atoms with Gasteiger partial charge in [-0.25, -0.2) is 8.42 Å². The maximum atomic E-state index is 12.9. The summed E-state index contributed by atoms with van der Waals surface area (Å²) in [6.45, 7) is -0.00897. The van der Waals surface area contributed by atoms with Crippen LogP contribution in [0.5, 0.6) is 0 Å². The van der Waals surface area contributed by atoms with E-state index in [2.05, 4.69) is 16.7 Å². The summed E-state index contributed by atoms with van der Waals surface area (Å²) in [7, 11) is -3.20. The van der Waals surface area contributed by atoms with Crippen molar-refractivity contribution in [2.45, 2.75) is 44.6 Å². The lowest BCUT2D eigenvalue weighted by molar-refractivity contribution is -0.139. The Balaban J connectivity index is 1.53. The van der Waals surface area contributed by atoms with Gasteiger partial charge in [0.15, 0.2) is 9.84 Å². The molecule has 1 aliphatic heterocycles. The first-order valence-electron chi connectivity index (χ1n) is 10.7. The molecule has 168 valence electrons. The standard InChI is InChI=1S/C22H29N3O5S/c26-20(15-24-22(28)21(27)23-13-11-17-7-3-1-4-8-17)25(18-9-5-2-6-10-18)19-12-14-31(29,30)16-19/h2,5-7,9-10,19H,1,3-4,8,11-16H2,(H,23,27)(H,24,28)/t19-/m0/s1. The molecule has 0 radical (unpaired) electrons. The number of rotatable bonds is 7.